The third kappa shape index (κ3) is 3.79. The standard InChI is InChI=1S/C17H23N3O4/c1-11(13-2-3-14-15(8-13)24-10-23-14)19-16(21)9-20-6-4-12(5-7-20)17(18)22/h2-3,8,11-12H,4-7,9-10H2,1H3,(H2,18,22)(H,19,21)/t11-/m1/s1. The van der Waals surface area contributed by atoms with Crippen molar-refractivity contribution in [3.05, 3.63) is 23.8 Å². The highest BCUT2D eigenvalue weighted by molar-refractivity contribution is 5.79. The van der Waals surface area contributed by atoms with Gasteiger partial charge < -0.3 is 20.5 Å². The Morgan fingerprint density at radius 2 is 2.00 bits per heavy atom. The Morgan fingerprint density at radius 1 is 1.29 bits per heavy atom. The number of carbonyl (C=O) groups is 2. The van der Waals surface area contributed by atoms with E-state index in [9.17, 15) is 9.59 Å². The molecule has 1 saturated heterocycles. The van der Waals surface area contributed by atoms with E-state index in [2.05, 4.69) is 10.2 Å². The van der Waals surface area contributed by atoms with Crippen molar-refractivity contribution in [2.45, 2.75) is 25.8 Å². The maximum Gasteiger partial charge on any atom is 0.234 e. The molecule has 2 aliphatic rings. The van der Waals surface area contributed by atoms with Crippen molar-refractivity contribution < 1.29 is 19.1 Å². The van der Waals surface area contributed by atoms with Crippen molar-refractivity contribution in [3.8, 4) is 11.5 Å². The molecule has 2 aliphatic heterocycles. The number of primary amides is 1. The average molecular weight is 333 g/mol. The second kappa shape index (κ2) is 7.09. The number of likely N-dealkylation sites (tertiary alicyclic amines) is 1. The molecule has 1 fully saturated rings. The molecule has 7 nitrogen and oxygen atoms in total. The molecule has 0 unspecified atom stereocenters. The van der Waals surface area contributed by atoms with Gasteiger partial charge in [0.1, 0.15) is 0 Å². The molecule has 0 spiro atoms. The fourth-order valence-corrected chi connectivity index (χ4v) is 3.13. The molecule has 3 N–H and O–H groups in total. The smallest absolute Gasteiger partial charge is 0.234 e. The normalized spacial score (nSPS) is 19.0. The minimum absolute atomic E-state index is 0.0299. The average Bonchev–Trinajstić information content (AvgIpc) is 3.02. The number of benzene rings is 1. The van der Waals surface area contributed by atoms with Crippen LogP contribution >= 0.6 is 0 Å². The molecule has 0 aromatic heterocycles. The highest BCUT2D eigenvalue weighted by Gasteiger charge is 2.24. The largest absolute Gasteiger partial charge is 0.454 e. The summed E-state index contributed by atoms with van der Waals surface area (Å²) < 4.78 is 10.7. The van der Waals surface area contributed by atoms with Crippen LogP contribution in [0.2, 0.25) is 0 Å². The number of fused-ring (bicyclic) bond motifs is 1. The fourth-order valence-electron chi connectivity index (χ4n) is 3.13. The van der Waals surface area contributed by atoms with E-state index in [4.69, 9.17) is 15.2 Å². The van der Waals surface area contributed by atoms with Crippen molar-refractivity contribution in [3.63, 3.8) is 0 Å². The van der Waals surface area contributed by atoms with Crippen LogP contribution < -0.4 is 20.5 Å². The molecular formula is C17H23N3O4. The summed E-state index contributed by atoms with van der Waals surface area (Å²) in [6.45, 7) is 3.95. The Hall–Kier alpha value is -2.28. The summed E-state index contributed by atoms with van der Waals surface area (Å²) >= 11 is 0. The summed E-state index contributed by atoms with van der Waals surface area (Å²) in [6.07, 6.45) is 1.45. The Labute approximate surface area is 141 Å². The number of piperidine rings is 1. The predicted molar refractivity (Wildman–Crippen MR) is 87.5 cm³/mol. The van der Waals surface area contributed by atoms with Crippen molar-refractivity contribution in [2.75, 3.05) is 26.4 Å². The van der Waals surface area contributed by atoms with E-state index >= 15 is 0 Å². The highest BCUT2D eigenvalue weighted by Crippen LogP contribution is 2.34. The number of amides is 2. The summed E-state index contributed by atoms with van der Waals surface area (Å²) in [4.78, 5) is 25.5. The maximum atomic E-state index is 12.2. The summed E-state index contributed by atoms with van der Waals surface area (Å²) in [6, 6.07) is 5.56. The number of rotatable bonds is 5. The van der Waals surface area contributed by atoms with E-state index in [0.717, 1.165) is 37.2 Å². The van der Waals surface area contributed by atoms with Gasteiger partial charge in [0.15, 0.2) is 11.5 Å². The summed E-state index contributed by atoms with van der Waals surface area (Å²) in [7, 11) is 0. The molecular weight excluding hydrogens is 310 g/mol. The lowest BCUT2D eigenvalue weighted by Gasteiger charge is -2.30. The van der Waals surface area contributed by atoms with Gasteiger partial charge in [-0.25, -0.2) is 0 Å². The van der Waals surface area contributed by atoms with Crippen LogP contribution in [0.15, 0.2) is 18.2 Å². The van der Waals surface area contributed by atoms with Gasteiger partial charge in [0.25, 0.3) is 0 Å². The van der Waals surface area contributed by atoms with E-state index in [1.165, 1.54) is 0 Å². The zero-order chi connectivity index (χ0) is 17.1. The number of ether oxygens (including phenoxy) is 2. The Bertz CT molecular complexity index is 626. The third-order valence-corrected chi connectivity index (χ3v) is 4.63. The maximum absolute atomic E-state index is 12.2. The molecule has 1 aromatic carbocycles. The molecule has 0 saturated carbocycles. The number of hydrogen-bond acceptors (Lipinski definition) is 5. The molecule has 2 heterocycles. The molecule has 0 aliphatic carbocycles. The van der Waals surface area contributed by atoms with Crippen LogP contribution in [-0.4, -0.2) is 43.1 Å². The SMILES string of the molecule is C[C@@H](NC(=O)CN1CCC(C(N)=O)CC1)c1ccc2c(c1)OCO2. The van der Waals surface area contributed by atoms with Crippen LogP contribution in [0.25, 0.3) is 0 Å². The van der Waals surface area contributed by atoms with Crippen LogP contribution in [0.5, 0.6) is 11.5 Å². The quantitative estimate of drug-likeness (QED) is 0.831. The topological polar surface area (TPSA) is 93.9 Å². The summed E-state index contributed by atoms with van der Waals surface area (Å²) in [5, 5.41) is 3.00. The zero-order valence-corrected chi connectivity index (χ0v) is 13.8. The second-order valence-electron chi connectivity index (χ2n) is 6.35. The van der Waals surface area contributed by atoms with Crippen LogP contribution in [0.4, 0.5) is 0 Å². The molecule has 1 aromatic rings. The monoisotopic (exact) mass is 333 g/mol. The summed E-state index contributed by atoms with van der Waals surface area (Å²) in [5.41, 5.74) is 6.30. The Morgan fingerprint density at radius 3 is 2.71 bits per heavy atom. The minimum Gasteiger partial charge on any atom is -0.454 e. The Kier molecular flexibility index (Phi) is 4.89. The second-order valence-corrected chi connectivity index (χ2v) is 6.35. The van der Waals surface area contributed by atoms with Gasteiger partial charge in [-0.05, 0) is 50.6 Å². The van der Waals surface area contributed by atoms with Gasteiger partial charge in [-0.1, -0.05) is 6.07 Å². The van der Waals surface area contributed by atoms with Crippen molar-refractivity contribution in [1.82, 2.24) is 10.2 Å². The first-order valence-corrected chi connectivity index (χ1v) is 8.23. The first-order chi connectivity index (χ1) is 11.5. The number of carbonyl (C=O) groups excluding carboxylic acids is 2. The van der Waals surface area contributed by atoms with Gasteiger partial charge in [-0.3, -0.25) is 14.5 Å². The van der Waals surface area contributed by atoms with Crippen molar-refractivity contribution in [2.24, 2.45) is 11.7 Å². The fraction of sp³-hybridized carbons (Fsp3) is 0.529. The van der Waals surface area contributed by atoms with E-state index in [1.807, 2.05) is 25.1 Å². The van der Waals surface area contributed by atoms with Gasteiger partial charge in [0, 0.05) is 5.92 Å². The van der Waals surface area contributed by atoms with Crippen LogP contribution in [0, 0.1) is 5.92 Å². The van der Waals surface area contributed by atoms with Gasteiger partial charge >= 0.3 is 0 Å². The molecule has 3 rings (SSSR count). The zero-order valence-electron chi connectivity index (χ0n) is 13.8. The molecule has 1 atom stereocenters. The lowest BCUT2D eigenvalue weighted by molar-refractivity contribution is -0.124. The van der Waals surface area contributed by atoms with Crippen molar-refractivity contribution >= 4 is 11.8 Å². The molecule has 24 heavy (non-hydrogen) atoms. The van der Waals surface area contributed by atoms with E-state index < -0.39 is 0 Å². The Balaban J connectivity index is 1.49. The number of nitrogens with two attached hydrogens (primary N) is 1. The van der Waals surface area contributed by atoms with Crippen molar-refractivity contribution in [1.29, 1.82) is 0 Å². The first-order valence-electron chi connectivity index (χ1n) is 8.23. The molecule has 7 heteroatoms. The minimum atomic E-state index is -0.240. The van der Waals surface area contributed by atoms with Gasteiger partial charge in [-0.15, -0.1) is 0 Å². The molecule has 0 radical (unpaired) electrons. The molecule has 130 valence electrons. The van der Waals surface area contributed by atoms with E-state index in [1.54, 1.807) is 0 Å². The lowest BCUT2D eigenvalue weighted by atomic mass is 9.96. The first kappa shape index (κ1) is 16.6. The molecule has 0 bridgehead atoms. The van der Waals surface area contributed by atoms with Crippen LogP contribution in [0.1, 0.15) is 31.4 Å². The van der Waals surface area contributed by atoms with E-state index in [0.29, 0.717) is 12.3 Å². The van der Waals surface area contributed by atoms with Crippen LogP contribution in [-0.2, 0) is 9.59 Å². The van der Waals surface area contributed by atoms with E-state index in [-0.39, 0.29) is 30.6 Å². The number of nitrogens with zero attached hydrogens (tertiary/aromatic N) is 1. The van der Waals surface area contributed by atoms with Gasteiger partial charge in [-0.2, -0.15) is 0 Å². The van der Waals surface area contributed by atoms with Gasteiger partial charge in [0.05, 0.1) is 12.6 Å². The van der Waals surface area contributed by atoms with Crippen LogP contribution in [0.3, 0.4) is 0 Å². The molecule has 2 amide bonds. The third-order valence-electron chi connectivity index (χ3n) is 4.63. The van der Waals surface area contributed by atoms with Gasteiger partial charge in [0.2, 0.25) is 18.6 Å². The number of nitrogens with one attached hydrogen (secondary N) is 1. The predicted octanol–water partition coefficient (Wildman–Crippen LogP) is 0.790. The summed E-state index contributed by atoms with van der Waals surface area (Å²) in [5.74, 6) is 1.11. The number of hydrogen-bond donors (Lipinski definition) is 2. The highest BCUT2D eigenvalue weighted by atomic mass is 16.7. The lowest BCUT2D eigenvalue weighted by Crippen LogP contribution is -2.44.